The van der Waals surface area contributed by atoms with Gasteiger partial charge in [0, 0.05) is 0 Å². The Hall–Kier alpha value is -0.0400. The first-order valence-electron chi connectivity index (χ1n) is 5.51. The second-order valence-corrected chi connectivity index (χ2v) is 5.55. The molecule has 0 unspecified atom stereocenters. The Morgan fingerprint density at radius 3 is 1.75 bits per heavy atom. The summed E-state index contributed by atoms with van der Waals surface area (Å²) in [6.07, 6.45) is 7.59. The van der Waals surface area contributed by atoms with Crippen LogP contribution < -0.4 is 0 Å². The van der Waals surface area contributed by atoms with Gasteiger partial charge in [0.1, 0.15) is 0 Å². The van der Waals surface area contributed by atoms with Gasteiger partial charge in [-0.3, -0.25) is 0 Å². The minimum absolute atomic E-state index is 0.452. The van der Waals surface area contributed by atoms with Gasteiger partial charge >= 0.3 is 0 Å². The molecule has 5 aliphatic rings. The van der Waals surface area contributed by atoms with Crippen molar-refractivity contribution in [2.24, 2.45) is 23.7 Å². The topological polar surface area (TPSA) is 12.5 Å². The van der Waals surface area contributed by atoms with Crippen molar-refractivity contribution in [3.05, 3.63) is 0 Å². The molecule has 0 aromatic carbocycles. The van der Waals surface area contributed by atoms with Crippen molar-refractivity contribution in [1.82, 2.24) is 0 Å². The van der Waals surface area contributed by atoms with Crippen LogP contribution in [0.3, 0.4) is 0 Å². The molecular weight excluding hydrogens is 148 g/mol. The lowest BCUT2D eigenvalue weighted by Crippen LogP contribution is -2.50. The van der Waals surface area contributed by atoms with Crippen LogP contribution in [0.2, 0.25) is 0 Å². The van der Waals surface area contributed by atoms with E-state index in [0.29, 0.717) is 5.60 Å². The molecule has 1 saturated heterocycles. The summed E-state index contributed by atoms with van der Waals surface area (Å²) in [6, 6.07) is 0. The molecule has 1 heteroatoms. The maximum absolute atomic E-state index is 5.77. The zero-order valence-corrected chi connectivity index (χ0v) is 7.46. The SMILES string of the molecule is C1C2CC3CC1CC(C2)C31CO1. The van der Waals surface area contributed by atoms with Crippen LogP contribution in [-0.4, -0.2) is 12.2 Å². The Kier molecular flexibility index (Phi) is 0.934. The van der Waals surface area contributed by atoms with E-state index in [1.807, 2.05) is 0 Å². The summed E-state index contributed by atoms with van der Waals surface area (Å²) in [5.41, 5.74) is 0.452. The Morgan fingerprint density at radius 1 is 0.833 bits per heavy atom. The van der Waals surface area contributed by atoms with Crippen molar-refractivity contribution < 1.29 is 4.74 Å². The first kappa shape index (κ1) is 6.42. The van der Waals surface area contributed by atoms with Gasteiger partial charge in [-0.15, -0.1) is 0 Å². The molecule has 0 atom stereocenters. The highest BCUT2D eigenvalue weighted by Gasteiger charge is 2.64. The molecule has 0 N–H and O–H groups in total. The zero-order valence-electron chi connectivity index (χ0n) is 7.46. The van der Waals surface area contributed by atoms with Gasteiger partial charge in [0.25, 0.3) is 0 Å². The Bertz CT molecular complexity index is 199. The van der Waals surface area contributed by atoms with Crippen LogP contribution in [0.5, 0.6) is 0 Å². The minimum Gasteiger partial charge on any atom is -0.369 e. The summed E-state index contributed by atoms with van der Waals surface area (Å²) in [7, 11) is 0. The molecule has 5 fully saturated rings. The Labute approximate surface area is 73.5 Å². The zero-order chi connectivity index (χ0) is 7.76. The summed E-state index contributed by atoms with van der Waals surface area (Å²) < 4.78 is 5.77. The van der Waals surface area contributed by atoms with Crippen molar-refractivity contribution >= 4 is 0 Å². The number of epoxide rings is 1. The van der Waals surface area contributed by atoms with Gasteiger partial charge in [0.05, 0.1) is 12.2 Å². The molecule has 1 nitrogen and oxygen atoms in total. The highest BCUT2D eigenvalue weighted by Crippen LogP contribution is 2.63. The molecule has 1 aliphatic heterocycles. The van der Waals surface area contributed by atoms with Crippen LogP contribution in [0.15, 0.2) is 0 Å². The van der Waals surface area contributed by atoms with Crippen LogP contribution in [0.25, 0.3) is 0 Å². The van der Waals surface area contributed by atoms with Gasteiger partial charge in [-0.1, -0.05) is 0 Å². The minimum atomic E-state index is 0.452. The second kappa shape index (κ2) is 1.75. The van der Waals surface area contributed by atoms with Gasteiger partial charge in [-0.2, -0.15) is 0 Å². The van der Waals surface area contributed by atoms with Crippen molar-refractivity contribution in [3.8, 4) is 0 Å². The van der Waals surface area contributed by atoms with Crippen LogP contribution >= 0.6 is 0 Å². The monoisotopic (exact) mass is 164 g/mol. The van der Waals surface area contributed by atoms with Crippen LogP contribution in [0, 0.1) is 23.7 Å². The van der Waals surface area contributed by atoms with Crippen molar-refractivity contribution in [1.29, 1.82) is 0 Å². The van der Waals surface area contributed by atoms with Gasteiger partial charge in [0.15, 0.2) is 0 Å². The molecule has 12 heavy (non-hydrogen) atoms. The summed E-state index contributed by atoms with van der Waals surface area (Å²) in [5.74, 6) is 4.16. The predicted octanol–water partition coefficient (Wildman–Crippen LogP) is 2.21. The van der Waals surface area contributed by atoms with Gasteiger partial charge in [-0.25, -0.2) is 0 Å². The molecule has 4 saturated carbocycles. The van der Waals surface area contributed by atoms with E-state index in [-0.39, 0.29) is 0 Å². The average Bonchev–Trinajstić information content (AvgIpc) is 2.79. The summed E-state index contributed by atoms with van der Waals surface area (Å²) in [6.45, 7) is 1.11. The molecule has 66 valence electrons. The van der Waals surface area contributed by atoms with E-state index in [9.17, 15) is 0 Å². The lowest BCUT2D eigenvalue weighted by Gasteiger charge is -2.53. The molecule has 4 bridgehead atoms. The number of ether oxygens (including phenoxy) is 1. The van der Waals surface area contributed by atoms with Gasteiger partial charge in [-0.05, 0) is 55.8 Å². The maximum Gasteiger partial charge on any atom is 0.0972 e. The first-order valence-corrected chi connectivity index (χ1v) is 5.51. The van der Waals surface area contributed by atoms with Crippen molar-refractivity contribution in [2.75, 3.05) is 6.61 Å². The summed E-state index contributed by atoms with van der Waals surface area (Å²) >= 11 is 0. The maximum atomic E-state index is 5.77. The summed E-state index contributed by atoms with van der Waals surface area (Å²) in [4.78, 5) is 0. The highest BCUT2D eigenvalue weighted by molar-refractivity contribution is 5.13. The van der Waals surface area contributed by atoms with E-state index in [1.165, 1.54) is 25.7 Å². The third kappa shape index (κ3) is 0.585. The fraction of sp³-hybridized carbons (Fsp3) is 1.00. The number of hydrogen-bond donors (Lipinski definition) is 0. The highest BCUT2D eigenvalue weighted by atomic mass is 16.6. The van der Waals surface area contributed by atoms with Crippen LogP contribution in [0.4, 0.5) is 0 Å². The van der Waals surface area contributed by atoms with E-state index < -0.39 is 0 Å². The van der Waals surface area contributed by atoms with Crippen LogP contribution in [0.1, 0.15) is 32.1 Å². The van der Waals surface area contributed by atoms with Gasteiger partial charge in [0.2, 0.25) is 0 Å². The molecule has 0 aromatic heterocycles. The molecule has 0 radical (unpaired) electrons. The summed E-state index contributed by atoms with van der Waals surface area (Å²) in [5, 5.41) is 0. The number of rotatable bonds is 0. The first-order chi connectivity index (χ1) is 5.87. The smallest absolute Gasteiger partial charge is 0.0972 e. The van der Waals surface area contributed by atoms with E-state index in [4.69, 9.17) is 4.74 Å². The molecule has 0 amide bonds. The normalized spacial score (nSPS) is 66.0. The Balaban J connectivity index is 1.78. The van der Waals surface area contributed by atoms with E-state index >= 15 is 0 Å². The largest absolute Gasteiger partial charge is 0.369 e. The molecule has 5 rings (SSSR count). The van der Waals surface area contributed by atoms with E-state index in [2.05, 4.69) is 0 Å². The fourth-order valence-electron chi connectivity index (χ4n) is 4.54. The van der Waals surface area contributed by atoms with E-state index in [0.717, 1.165) is 30.3 Å². The van der Waals surface area contributed by atoms with Gasteiger partial charge < -0.3 is 4.74 Å². The fourth-order valence-corrected chi connectivity index (χ4v) is 4.54. The average molecular weight is 164 g/mol. The second-order valence-electron chi connectivity index (χ2n) is 5.55. The molecule has 1 heterocycles. The molecule has 1 spiro atoms. The third-order valence-corrected chi connectivity index (χ3v) is 5.00. The van der Waals surface area contributed by atoms with Crippen LogP contribution in [-0.2, 0) is 4.74 Å². The molecule has 0 aromatic rings. The molecule has 4 aliphatic carbocycles. The number of hydrogen-bond acceptors (Lipinski definition) is 1. The standard InChI is InChI=1S/C11H16O/c1-7-2-9-4-8(1)5-10(3-7)11(9)6-12-11/h7-10H,1-6H2. The Morgan fingerprint density at radius 2 is 1.33 bits per heavy atom. The van der Waals surface area contributed by atoms with Crippen molar-refractivity contribution in [3.63, 3.8) is 0 Å². The lowest BCUT2D eigenvalue weighted by atomic mass is 9.51. The molecular formula is C11H16O. The third-order valence-electron chi connectivity index (χ3n) is 5.00. The predicted molar refractivity (Wildman–Crippen MR) is 45.7 cm³/mol. The van der Waals surface area contributed by atoms with Crippen molar-refractivity contribution in [2.45, 2.75) is 37.7 Å². The quantitative estimate of drug-likeness (QED) is 0.500. The lowest BCUT2D eigenvalue weighted by molar-refractivity contribution is -0.0555. The van der Waals surface area contributed by atoms with E-state index in [1.54, 1.807) is 6.42 Å².